The molecule has 0 fully saturated rings. The largest absolute Gasteiger partial charge is 0.334 e. The normalized spacial score (nSPS) is 12.1. The maximum atomic E-state index is 11.0. The number of aromatic nitrogens is 2. The lowest BCUT2D eigenvalue weighted by molar-refractivity contribution is 0.609. The first-order valence-corrected chi connectivity index (χ1v) is 6.15. The third-order valence-corrected chi connectivity index (χ3v) is 3.33. The molecule has 0 N–H and O–H groups in total. The lowest BCUT2D eigenvalue weighted by Gasteiger charge is -1.96. The molecule has 0 saturated heterocycles. The van der Waals surface area contributed by atoms with E-state index in [0.29, 0.717) is 5.52 Å². The van der Waals surface area contributed by atoms with Gasteiger partial charge >= 0.3 is 0 Å². The minimum atomic E-state index is -3.66. The zero-order valence-corrected chi connectivity index (χ0v) is 8.88. The third kappa shape index (κ3) is 1.49. The minimum Gasteiger partial charge on any atom is -0.334 e. The maximum Gasteiger partial charge on any atom is 0.261 e. The molecule has 1 aromatic carbocycles. The van der Waals surface area contributed by atoms with Crippen LogP contribution < -0.4 is 0 Å². The SMILES string of the molecule is Cn1cnc2cc(S(=O)(=O)Cl)ccc21. The summed E-state index contributed by atoms with van der Waals surface area (Å²) in [6, 6.07) is 4.60. The van der Waals surface area contributed by atoms with Crippen LogP contribution in [0.3, 0.4) is 0 Å². The van der Waals surface area contributed by atoms with Crippen molar-refractivity contribution in [1.82, 2.24) is 9.55 Å². The zero-order chi connectivity index (χ0) is 10.3. The van der Waals surface area contributed by atoms with Crippen LogP contribution in [0.4, 0.5) is 0 Å². The summed E-state index contributed by atoms with van der Waals surface area (Å²) < 4.78 is 23.8. The van der Waals surface area contributed by atoms with Gasteiger partial charge in [-0.25, -0.2) is 13.4 Å². The van der Waals surface area contributed by atoms with Gasteiger partial charge in [-0.3, -0.25) is 0 Å². The highest BCUT2D eigenvalue weighted by molar-refractivity contribution is 8.13. The van der Waals surface area contributed by atoms with Crippen molar-refractivity contribution in [2.24, 2.45) is 7.05 Å². The molecule has 0 atom stereocenters. The van der Waals surface area contributed by atoms with E-state index in [9.17, 15) is 8.42 Å². The van der Waals surface area contributed by atoms with Gasteiger partial charge in [0.1, 0.15) is 0 Å². The van der Waals surface area contributed by atoms with Gasteiger partial charge in [0, 0.05) is 17.7 Å². The van der Waals surface area contributed by atoms with Crippen molar-refractivity contribution in [3.63, 3.8) is 0 Å². The number of aryl methyl sites for hydroxylation is 1. The van der Waals surface area contributed by atoms with Crippen molar-refractivity contribution in [2.75, 3.05) is 0 Å². The molecular weight excluding hydrogens is 224 g/mol. The topological polar surface area (TPSA) is 52.0 Å². The quantitative estimate of drug-likeness (QED) is 0.698. The molecule has 1 aromatic heterocycles. The van der Waals surface area contributed by atoms with Crippen molar-refractivity contribution in [3.05, 3.63) is 24.5 Å². The van der Waals surface area contributed by atoms with Crippen LogP contribution in [0.1, 0.15) is 0 Å². The first-order chi connectivity index (χ1) is 6.48. The Morgan fingerprint density at radius 1 is 1.43 bits per heavy atom. The van der Waals surface area contributed by atoms with E-state index in [0.717, 1.165) is 5.52 Å². The van der Waals surface area contributed by atoms with E-state index in [-0.39, 0.29) is 4.90 Å². The van der Waals surface area contributed by atoms with Gasteiger partial charge in [0.25, 0.3) is 9.05 Å². The Hall–Kier alpha value is -1.07. The van der Waals surface area contributed by atoms with Gasteiger partial charge in [-0.15, -0.1) is 0 Å². The van der Waals surface area contributed by atoms with E-state index in [2.05, 4.69) is 4.98 Å². The van der Waals surface area contributed by atoms with Crippen LogP contribution in [0.15, 0.2) is 29.4 Å². The van der Waals surface area contributed by atoms with Crippen LogP contribution in [0, 0.1) is 0 Å². The van der Waals surface area contributed by atoms with Crippen LogP contribution in [-0.2, 0) is 16.1 Å². The Labute approximate surface area is 85.5 Å². The van der Waals surface area contributed by atoms with Gasteiger partial charge in [0.15, 0.2) is 0 Å². The van der Waals surface area contributed by atoms with Gasteiger partial charge in [-0.2, -0.15) is 0 Å². The predicted molar refractivity (Wildman–Crippen MR) is 53.8 cm³/mol. The number of imidazole rings is 1. The molecule has 0 radical (unpaired) electrons. The highest BCUT2D eigenvalue weighted by Crippen LogP contribution is 2.20. The van der Waals surface area contributed by atoms with E-state index in [1.165, 1.54) is 12.1 Å². The highest BCUT2D eigenvalue weighted by atomic mass is 35.7. The number of fused-ring (bicyclic) bond motifs is 1. The number of nitrogens with zero attached hydrogens (tertiary/aromatic N) is 2. The number of halogens is 1. The van der Waals surface area contributed by atoms with E-state index in [4.69, 9.17) is 10.7 Å². The molecule has 2 rings (SSSR count). The van der Waals surface area contributed by atoms with Crippen LogP contribution in [0.25, 0.3) is 11.0 Å². The second kappa shape index (κ2) is 2.96. The van der Waals surface area contributed by atoms with Crippen molar-refractivity contribution in [3.8, 4) is 0 Å². The molecule has 0 aliphatic heterocycles. The molecule has 74 valence electrons. The molecule has 0 aliphatic carbocycles. The summed E-state index contributed by atoms with van der Waals surface area (Å²) in [7, 11) is 3.38. The second-order valence-electron chi connectivity index (χ2n) is 2.94. The van der Waals surface area contributed by atoms with E-state index >= 15 is 0 Å². The average Bonchev–Trinajstić information content (AvgIpc) is 2.46. The van der Waals surface area contributed by atoms with E-state index < -0.39 is 9.05 Å². The number of hydrogen-bond acceptors (Lipinski definition) is 3. The van der Waals surface area contributed by atoms with Gasteiger partial charge in [-0.05, 0) is 18.2 Å². The molecule has 0 unspecified atom stereocenters. The summed E-state index contributed by atoms with van der Waals surface area (Å²) >= 11 is 0. The van der Waals surface area contributed by atoms with E-state index in [1.54, 1.807) is 17.0 Å². The number of benzene rings is 1. The Bertz CT molecular complexity index is 588. The Balaban J connectivity index is 2.76. The van der Waals surface area contributed by atoms with Crippen molar-refractivity contribution < 1.29 is 8.42 Å². The maximum absolute atomic E-state index is 11.0. The second-order valence-corrected chi connectivity index (χ2v) is 5.51. The lowest BCUT2D eigenvalue weighted by atomic mass is 10.3. The summed E-state index contributed by atoms with van der Waals surface area (Å²) in [5.74, 6) is 0. The summed E-state index contributed by atoms with van der Waals surface area (Å²) in [5, 5.41) is 0. The lowest BCUT2D eigenvalue weighted by Crippen LogP contribution is -1.90. The van der Waals surface area contributed by atoms with Crippen molar-refractivity contribution >= 4 is 30.8 Å². The van der Waals surface area contributed by atoms with Crippen LogP contribution in [0.5, 0.6) is 0 Å². The molecule has 14 heavy (non-hydrogen) atoms. The monoisotopic (exact) mass is 230 g/mol. The molecule has 4 nitrogen and oxygen atoms in total. The predicted octanol–water partition coefficient (Wildman–Crippen LogP) is 1.50. The number of hydrogen-bond donors (Lipinski definition) is 0. The fourth-order valence-electron chi connectivity index (χ4n) is 1.27. The summed E-state index contributed by atoms with van der Waals surface area (Å²) in [4.78, 5) is 4.11. The highest BCUT2D eigenvalue weighted by Gasteiger charge is 2.11. The average molecular weight is 231 g/mol. The summed E-state index contributed by atoms with van der Waals surface area (Å²) in [6.07, 6.45) is 1.62. The van der Waals surface area contributed by atoms with Gasteiger partial charge < -0.3 is 4.57 Å². The minimum absolute atomic E-state index is 0.0744. The smallest absolute Gasteiger partial charge is 0.261 e. The van der Waals surface area contributed by atoms with Crippen molar-refractivity contribution in [2.45, 2.75) is 4.90 Å². The molecule has 0 spiro atoms. The Kier molecular flexibility index (Phi) is 2.01. The van der Waals surface area contributed by atoms with E-state index in [1.807, 2.05) is 7.05 Å². The van der Waals surface area contributed by atoms with Gasteiger partial charge in [0.2, 0.25) is 0 Å². The Morgan fingerprint density at radius 3 is 2.79 bits per heavy atom. The molecule has 6 heteroatoms. The molecule has 0 aliphatic rings. The zero-order valence-electron chi connectivity index (χ0n) is 7.31. The standard InChI is InChI=1S/C8H7ClN2O2S/c1-11-5-10-7-4-6(14(9,12)13)2-3-8(7)11/h2-5H,1H3. The van der Waals surface area contributed by atoms with Gasteiger partial charge in [0.05, 0.1) is 22.3 Å². The Morgan fingerprint density at radius 2 is 2.14 bits per heavy atom. The molecular formula is C8H7ClN2O2S. The summed E-state index contributed by atoms with van der Waals surface area (Å²) in [5.41, 5.74) is 1.49. The van der Waals surface area contributed by atoms with Crippen LogP contribution in [-0.4, -0.2) is 18.0 Å². The number of rotatable bonds is 1. The molecule has 0 amide bonds. The molecule has 0 saturated carbocycles. The molecule has 2 aromatic rings. The molecule has 1 heterocycles. The van der Waals surface area contributed by atoms with Gasteiger partial charge in [-0.1, -0.05) is 0 Å². The molecule has 0 bridgehead atoms. The third-order valence-electron chi connectivity index (χ3n) is 1.98. The fraction of sp³-hybridized carbons (Fsp3) is 0.125. The first-order valence-electron chi connectivity index (χ1n) is 3.84. The first kappa shape index (κ1) is 9.48. The van der Waals surface area contributed by atoms with Crippen molar-refractivity contribution in [1.29, 1.82) is 0 Å². The fourth-order valence-corrected chi connectivity index (χ4v) is 2.04. The van der Waals surface area contributed by atoms with Crippen LogP contribution in [0.2, 0.25) is 0 Å². The summed E-state index contributed by atoms with van der Waals surface area (Å²) in [6.45, 7) is 0. The van der Waals surface area contributed by atoms with Crippen LogP contribution >= 0.6 is 10.7 Å².